The number of anilines is 1. The van der Waals surface area contributed by atoms with Crippen LogP contribution in [0.15, 0.2) is 22.7 Å². The van der Waals surface area contributed by atoms with Gasteiger partial charge in [0, 0.05) is 5.69 Å². The van der Waals surface area contributed by atoms with Crippen LogP contribution in [0, 0.1) is 11.2 Å². The molecule has 0 radical (unpaired) electrons. The van der Waals surface area contributed by atoms with Crippen LogP contribution in [0.3, 0.4) is 0 Å². The van der Waals surface area contributed by atoms with Crippen LogP contribution in [-0.4, -0.2) is 12.0 Å². The predicted octanol–water partition coefficient (Wildman–Crippen LogP) is 1.60. The maximum atomic E-state index is 12.8. The predicted molar refractivity (Wildman–Crippen MR) is 58.2 cm³/mol. The highest BCUT2D eigenvalue weighted by Gasteiger charge is 2.03. The largest absolute Gasteiger partial charge is 0.351 e. The Labute approximate surface area is 93.5 Å². The summed E-state index contributed by atoms with van der Waals surface area (Å²) in [7, 11) is 0. The highest BCUT2D eigenvalue weighted by Crippen LogP contribution is 2.19. The summed E-state index contributed by atoms with van der Waals surface area (Å²) < 4.78 is 13.1. The van der Waals surface area contributed by atoms with E-state index < -0.39 is 11.8 Å². The Morgan fingerprint density at radius 3 is 2.73 bits per heavy atom. The second kappa shape index (κ2) is 4.74. The van der Waals surface area contributed by atoms with E-state index in [-0.39, 0.29) is 10.4 Å². The normalized spacial score (nSPS) is 9.47. The zero-order chi connectivity index (χ0) is 11.4. The van der Waals surface area contributed by atoms with E-state index in [0.717, 1.165) is 0 Å². The van der Waals surface area contributed by atoms with Crippen molar-refractivity contribution in [2.24, 2.45) is 5.73 Å². The SMILES string of the molecule is N=C(NC(N)=O)Nc1ccc(F)c(Br)c1. The lowest BCUT2D eigenvalue weighted by molar-refractivity contribution is 0.253. The van der Waals surface area contributed by atoms with Gasteiger partial charge in [-0.1, -0.05) is 0 Å². The molecule has 0 aliphatic rings. The van der Waals surface area contributed by atoms with Gasteiger partial charge in [-0.3, -0.25) is 10.7 Å². The van der Waals surface area contributed by atoms with Crippen LogP contribution < -0.4 is 16.4 Å². The molecule has 1 rings (SSSR count). The summed E-state index contributed by atoms with van der Waals surface area (Å²) in [5.74, 6) is -0.684. The van der Waals surface area contributed by atoms with Crippen molar-refractivity contribution in [3.05, 3.63) is 28.5 Å². The first-order valence-electron chi connectivity index (χ1n) is 3.86. The zero-order valence-corrected chi connectivity index (χ0v) is 9.06. The fourth-order valence-electron chi connectivity index (χ4n) is 0.873. The van der Waals surface area contributed by atoms with Crippen molar-refractivity contribution in [2.75, 3.05) is 5.32 Å². The summed E-state index contributed by atoms with van der Waals surface area (Å²) in [6.45, 7) is 0. The van der Waals surface area contributed by atoms with Crippen LogP contribution in [0.1, 0.15) is 0 Å². The number of amides is 2. The highest BCUT2D eigenvalue weighted by atomic mass is 79.9. The maximum Gasteiger partial charge on any atom is 0.318 e. The summed E-state index contributed by atoms with van der Waals surface area (Å²) in [4.78, 5) is 10.4. The molecule has 0 atom stereocenters. The van der Waals surface area contributed by atoms with Crippen LogP contribution in [0.25, 0.3) is 0 Å². The molecule has 0 fully saturated rings. The Morgan fingerprint density at radius 1 is 1.53 bits per heavy atom. The Bertz CT molecular complexity index is 410. The van der Waals surface area contributed by atoms with Crippen molar-refractivity contribution < 1.29 is 9.18 Å². The van der Waals surface area contributed by atoms with Crippen LogP contribution in [0.5, 0.6) is 0 Å². The number of benzene rings is 1. The molecule has 0 bridgehead atoms. The molecule has 0 aliphatic heterocycles. The third-order valence-corrected chi connectivity index (χ3v) is 2.04. The molecule has 1 aromatic carbocycles. The molecule has 2 amide bonds. The molecule has 5 N–H and O–H groups in total. The molecular formula is C8H8BrFN4O. The van der Waals surface area contributed by atoms with Crippen molar-refractivity contribution in [1.82, 2.24) is 5.32 Å². The number of halogens is 2. The minimum Gasteiger partial charge on any atom is -0.351 e. The summed E-state index contributed by atoms with van der Waals surface area (Å²) in [6, 6.07) is 3.25. The molecule has 5 nitrogen and oxygen atoms in total. The molecule has 0 aromatic heterocycles. The summed E-state index contributed by atoms with van der Waals surface area (Å²) in [5, 5.41) is 11.8. The molecule has 7 heteroatoms. The fraction of sp³-hybridized carbons (Fsp3) is 0. The maximum absolute atomic E-state index is 12.8. The minimum atomic E-state index is -0.839. The Morgan fingerprint density at radius 2 is 2.20 bits per heavy atom. The number of guanidine groups is 1. The van der Waals surface area contributed by atoms with E-state index in [0.29, 0.717) is 5.69 Å². The van der Waals surface area contributed by atoms with Crippen LogP contribution >= 0.6 is 15.9 Å². The van der Waals surface area contributed by atoms with E-state index in [1.165, 1.54) is 18.2 Å². The van der Waals surface area contributed by atoms with E-state index >= 15 is 0 Å². The van der Waals surface area contributed by atoms with Crippen molar-refractivity contribution >= 4 is 33.6 Å². The molecule has 0 saturated heterocycles. The van der Waals surface area contributed by atoms with Gasteiger partial charge in [-0.2, -0.15) is 0 Å². The molecule has 1 aromatic rings. The molecule has 15 heavy (non-hydrogen) atoms. The van der Waals surface area contributed by atoms with Crippen molar-refractivity contribution in [1.29, 1.82) is 5.41 Å². The van der Waals surface area contributed by atoms with Gasteiger partial charge in [0.1, 0.15) is 5.82 Å². The topological polar surface area (TPSA) is 91.0 Å². The number of carbonyl (C=O) groups excluding carboxylic acids is 1. The number of hydrogen-bond acceptors (Lipinski definition) is 2. The van der Waals surface area contributed by atoms with E-state index in [1.54, 1.807) is 0 Å². The Hall–Kier alpha value is -1.63. The molecular weight excluding hydrogens is 267 g/mol. The number of carbonyl (C=O) groups is 1. The smallest absolute Gasteiger partial charge is 0.318 e. The first kappa shape index (κ1) is 11.4. The van der Waals surface area contributed by atoms with Crippen molar-refractivity contribution in [3.63, 3.8) is 0 Å². The quantitative estimate of drug-likeness (QED) is 0.463. The van der Waals surface area contributed by atoms with Gasteiger partial charge in [0.25, 0.3) is 0 Å². The van der Waals surface area contributed by atoms with E-state index in [4.69, 9.17) is 11.1 Å². The molecule has 0 spiro atoms. The molecule has 0 unspecified atom stereocenters. The number of primary amides is 1. The van der Waals surface area contributed by atoms with Gasteiger partial charge in [-0.25, -0.2) is 9.18 Å². The first-order valence-corrected chi connectivity index (χ1v) is 4.65. The van der Waals surface area contributed by atoms with E-state index in [2.05, 4.69) is 21.2 Å². The third-order valence-electron chi connectivity index (χ3n) is 1.44. The molecule has 80 valence electrons. The van der Waals surface area contributed by atoms with Gasteiger partial charge in [0.05, 0.1) is 4.47 Å². The Balaban J connectivity index is 2.69. The minimum absolute atomic E-state index is 0.263. The highest BCUT2D eigenvalue weighted by molar-refractivity contribution is 9.10. The molecule has 0 aliphatic carbocycles. The fourth-order valence-corrected chi connectivity index (χ4v) is 1.25. The van der Waals surface area contributed by atoms with Crippen molar-refractivity contribution in [3.8, 4) is 0 Å². The summed E-state index contributed by atoms with van der Waals surface area (Å²) >= 11 is 2.99. The number of rotatable bonds is 1. The lowest BCUT2D eigenvalue weighted by Crippen LogP contribution is -2.38. The van der Waals surface area contributed by atoms with Crippen LogP contribution in [0.2, 0.25) is 0 Å². The average Bonchev–Trinajstić information content (AvgIpc) is 2.10. The zero-order valence-electron chi connectivity index (χ0n) is 7.47. The molecule has 0 saturated carbocycles. The average molecular weight is 275 g/mol. The second-order valence-electron chi connectivity index (χ2n) is 2.62. The van der Waals surface area contributed by atoms with Crippen LogP contribution in [0.4, 0.5) is 14.9 Å². The lowest BCUT2D eigenvalue weighted by atomic mass is 10.3. The lowest BCUT2D eigenvalue weighted by Gasteiger charge is -2.07. The number of hydrogen-bond donors (Lipinski definition) is 4. The third kappa shape index (κ3) is 3.55. The Kier molecular flexibility index (Phi) is 3.62. The second-order valence-corrected chi connectivity index (χ2v) is 3.47. The van der Waals surface area contributed by atoms with Gasteiger partial charge in [-0.05, 0) is 34.1 Å². The van der Waals surface area contributed by atoms with Gasteiger partial charge in [0.15, 0.2) is 0 Å². The summed E-state index contributed by atoms with van der Waals surface area (Å²) in [6.07, 6.45) is 0. The van der Waals surface area contributed by atoms with Gasteiger partial charge in [0.2, 0.25) is 5.96 Å². The van der Waals surface area contributed by atoms with Crippen LogP contribution in [-0.2, 0) is 0 Å². The monoisotopic (exact) mass is 274 g/mol. The number of nitrogens with one attached hydrogen (secondary N) is 3. The van der Waals surface area contributed by atoms with Crippen molar-refractivity contribution in [2.45, 2.75) is 0 Å². The summed E-state index contributed by atoms with van der Waals surface area (Å²) in [5.41, 5.74) is 5.26. The number of nitrogens with two attached hydrogens (primary N) is 1. The van der Waals surface area contributed by atoms with E-state index in [9.17, 15) is 9.18 Å². The first-order chi connectivity index (χ1) is 6.99. The van der Waals surface area contributed by atoms with Gasteiger partial charge >= 0.3 is 6.03 Å². The van der Waals surface area contributed by atoms with E-state index in [1.807, 2.05) is 5.32 Å². The standard InChI is InChI=1S/C8H8BrFN4O/c9-5-3-4(1-2-6(5)10)13-7(11)14-8(12)15/h1-3H,(H5,11,12,13,14,15). The molecule has 0 heterocycles. The number of urea groups is 1. The van der Waals surface area contributed by atoms with Gasteiger partial charge in [-0.15, -0.1) is 0 Å². The van der Waals surface area contributed by atoms with Gasteiger partial charge < -0.3 is 11.1 Å².